The number of aromatic nitrogens is 2. The summed E-state index contributed by atoms with van der Waals surface area (Å²) in [6.07, 6.45) is 1.45. The summed E-state index contributed by atoms with van der Waals surface area (Å²) in [5.74, 6) is -1.94. The Bertz CT molecular complexity index is 867. The van der Waals surface area contributed by atoms with Gasteiger partial charge in [0.1, 0.15) is 5.56 Å². The molecule has 0 amide bonds. The van der Waals surface area contributed by atoms with Crippen molar-refractivity contribution in [3.63, 3.8) is 0 Å². The Hall–Kier alpha value is -2.89. The highest BCUT2D eigenvalue weighted by atomic mass is 16.5. The molecule has 3 aromatic rings. The van der Waals surface area contributed by atoms with Crippen LogP contribution >= 0.6 is 0 Å². The fraction of sp³-hybridized carbons (Fsp3) is 0.133. The molecule has 21 heavy (non-hydrogen) atoms. The molecule has 2 heterocycles. The summed E-state index contributed by atoms with van der Waals surface area (Å²) in [5.41, 5.74) is 1.05. The van der Waals surface area contributed by atoms with Crippen LogP contribution in [0.25, 0.3) is 21.8 Å². The number of carboxylic acid groups (broad SMARTS) is 1. The number of ether oxygens (including phenoxy) is 1. The Morgan fingerprint density at radius 2 is 2.05 bits per heavy atom. The van der Waals surface area contributed by atoms with Gasteiger partial charge in [0.15, 0.2) is 5.69 Å². The molecule has 6 heteroatoms. The number of esters is 1. The number of carbonyl (C=O) groups is 2. The molecular weight excluding hydrogens is 272 g/mol. The lowest BCUT2D eigenvalue weighted by atomic mass is 10.1. The maximum atomic E-state index is 11.9. The van der Waals surface area contributed by atoms with Crippen molar-refractivity contribution in [1.82, 2.24) is 9.97 Å². The first kappa shape index (κ1) is 13.1. The normalized spacial score (nSPS) is 10.9. The minimum atomic E-state index is -1.21. The molecule has 0 fully saturated rings. The van der Waals surface area contributed by atoms with E-state index in [0.29, 0.717) is 10.9 Å². The summed E-state index contributed by atoms with van der Waals surface area (Å²) in [6, 6.07) is 7.30. The molecular formula is C15H12N2O4. The molecule has 6 nitrogen and oxygen atoms in total. The van der Waals surface area contributed by atoms with Crippen LogP contribution in [-0.2, 0) is 4.74 Å². The standard InChI is InChI=1S/C15H12N2O4/c1-2-21-15(20)13-12(14(18)19)11-8-5-3-4-6-9(8)17-10(11)7-16-13/h3-7,17H,2H2,1H3,(H,18,19). The highest BCUT2D eigenvalue weighted by molar-refractivity contribution is 6.19. The number of benzene rings is 1. The van der Waals surface area contributed by atoms with Crippen molar-refractivity contribution in [2.75, 3.05) is 6.61 Å². The topological polar surface area (TPSA) is 92.3 Å². The summed E-state index contributed by atoms with van der Waals surface area (Å²) in [6.45, 7) is 1.81. The minimum absolute atomic E-state index is 0.136. The number of hydrogen-bond donors (Lipinski definition) is 2. The van der Waals surface area contributed by atoms with Gasteiger partial charge in [-0.3, -0.25) is 0 Å². The zero-order chi connectivity index (χ0) is 15.0. The van der Waals surface area contributed by atoms with Gasteiger partial charge in [-0.2, -0.15) is 0 Å². The molecule has 0 radical (unpaired) electrons. The average Bonchev–Trinajstić information content (AvgIpc) is 2.84. The van der Waals surface area contributed by atoms with E-state index < -0.39 is 11.9 Å². The number of rotatable bonds is 3. The first-order chi connectivity index (χ1) is 10.1. The molecule has 0 saturated heterocycles. The molecule has 0 aliphatic heterocycles. The zero-order valence-corrected chi connectivity index (χ0v) is 11.2. The first-order valence-electron chi connectivity index (χ1n) is 6.43. The molecule has 0 aliphatic rings. The van der Waals surface area contributed by atoms with E-state index in [9.17, 15) is 14.7 Å². The SMILES string of the molecule is CCOC(=O)c1ncc2[nH]c3ccccc3c2c1C(=O)O. The molecule has 0 bridgehead atoms. The molecule has 0 saturated carbocycles. The average molecular weight is 284 g/mol. The van der Waals surface area contributed by atoms with Gasteiger partial charge >= 0.3 is 11.9 Å². The van der Waals surface area contributed by atoms with Crippen LogP contribution < -0.4 is 0 Å². The molecule has 0 aliphatic carbocycles. The lowest BCUT2D eigenvalue weighted by Gasteiger charge is -2.06. The van der Waals surface area contributed by atoms with Gasteiger partial charge in [0.05, 0.1) is 18.3 Å². The van der Waals surface area contributed by atoms with E-state index >= 15 is 0 Å². The Morgan fingerprint density at radius 3 is 2.76 bits per heavy atom. The van der Waals surface area contributed by atoms with Crippen molar-refractivity contribution in [2.24, 2.45) is 0 Å². The molecule has 0 spiro atoms. The number of carbonyl (C=O) groups excluding carboxylic acids is 1. The third-order valence-corrected chi connectivity index (χ3v) is 3.23. The van der Waals surface area contributed by atoms with Gasteiger partial charge in [-0.1, -0.05) is 18.2 Å². The van der Waals surface area contributed by atoms with Crippen LogP contribution in [0.5, 0.6) is 0 Å². The second kappa shape index (κ2) is 4.90. The van der Waals surface area contributed by atoms with Crippen LogP contribution in [0.2, 0.25) is 0 Å². The maximum Gasteiger partial charge on any atom is 0.357 e. The predicted molar refractivity (Wildman–Crippen MR) is 76.5 cm³/mol. The van der Waals surface area contributed by atoms with Crippen LogP contribution in [0.15, 0.2) is 30.5 Å². The van der Waals surface area contributed by atoms with Gasteiger partial charge in [0, 0.05) is 16.3 Å². The second-order valence-electron chi connectivity index (χ2n) is 4.47. The molecule has 0 atom stereocenters. The van der Waals surface area contributed by atoms with Crippen LogP contribution in [0.1, 0.15) is 27.8 Å². The quantitative estimate of drug-likeness (QED) is 0.721. The fourth-order valence-electron chi connectivity index (χ4n) is 2.40. The predicted octanol–water partition coefficient (Wildman–Crippen LogP) is 2.59. The highest BCUT2D eigenvalue weighted by Crippen LogP contribution is 2.29. The summed E-state index contributed by atoms with van der Waals surface area (Å²) in [5, 5.41) is 10.7. The Balaban J connectivity index is 2.41. The lowest BCUT2D eigenvalue weighted by molar-refractivity contribution is 0.0508. The van der Waals surface area contributed by atoms with Crippen molar-refractivity contribution < 1.29 is 19.4 Å². The van der Waals surface area contributed by atoms with E-state index in [1.807, 2.05) is 18.2 Å². The van der Waals surface area contributed by atoms with Crippen molar-refractivity contribution in [2.45, 2.75) is 6.92 Å². The number of nitrogens with zero attached hydrogens (tertiary/aromatic N) is 1. The monoisotopic (exact) mass is 284 g/mol. The summed E-state index contributed by atoms with van der Waals surface area (Å²) < 4.78 is 4.88. The van der Waals surface area contributed by atoms with E-state index in [0.717, 1.165) is 10.9 Å². The number of carboxylic acids is 1. The van der Waals surface area contributed by atoms with Crippen molar-refractivity contribution in [1.29, 1.82) is 0 Å². The third-order valence-electron chi connectivity index (χ3n) is 3.23. The van der Waals surface area contributed by atoms with Crippen molar-refractivity contribution in [3.05, 3.63) is 41.7 Å². The molecule has 0 unspecified atom stereocenters. The molecule has 1 aromatic carbocycles. The van der Waals surface area contributed by atoms with Crippen LogP contribution in [0.4, 0.5) is 0 Å². The third kappa shape index (κ3) is 2.01. The van der Waals surface area contributed by atoms with Gasteiger partial charge in [-0.25, -0.2) is 14.6 Å². The van der Waals surface area contributed by atoms with Crippen molar-refractivity contribution >= 4 is 33.7 Å². The number of fused-ring (bicyclic) bond motifs is 3. The summed E-state index contributed by atoms with van der Waals surface area (Å²) in [7, 11) is 0. The smallest absolute Gasteiger partial charge is 0.357 e. The summed E-state index contributed by atoms with van der Waals surface area (Å²) in [4.78, 5) is 30.6. The van der Waals surface area contributed by atoms with Gasteiger partial charge in [-0.15, -0.1) is 0 Å². The van der Waals surface area contributed by atoms with Gasteiger partial charge in [0.2, 0.25) is 0 Å². The van der Waals surface area contributed by atoms with E-state index in [1.54, 1.807) is 13.0 Å². The number of aromatic carboxylic acids is 1. The fourth-order valence-corrected chi connectivity index (χ4v) is 2.40. The highest BCUT2D eigenvalue weighted by Gasteiger charge is 2.24. The number of hydrogen-bond acceptors (Lipinski definition) is 4. The van der Waals surface area contributed by atoms with Gasteiger partial charge < -0.3 is 14.8 Å². The second-order valence-corrected chi connectivity index (χ2v) is 4.47. The Kier molecular flexibility index (Phi) is 3.06. The number of H-pyrrole nitrogens is 1. The van der Waals surface area contributed by atoms with Crippen LogP contribution in [0, 0.1) is 0 Å². The van der Waals surface area contributed by atoms with E-state index in [-0.39, 0.29) is 17.9 Å². The van der Waals surface area contributed by atoms with Crippen LogP contribution in [-0.4, -0.2) is 33.6 Å². The van der Waals surface area contributed by atoms with Gasteiger partial charge in [-0.05, 0) is 13.0 Å². The lowest BCUT2D eigenvalue weighted by Crippen LogP contribution is -2.14. The van der Waals surface area contributed by atoms with Crippen molar-refractivity contribution in [3.8, 4) is 0 Å². The van der Waals surface area contributed by atoms with E-state index in [2.05, 4.69) is 9.97 Å². The maximum absolute atomic E-state index is 11.9. The van der Waals surface area contributed by atoms with Gasteiger partial charge in [0.25, 0.3) is 0 Å². The van der Waals surface area contributed by atoms with Crippen LogP contribution in [0.3, 0.4) is 0 Å². The number of aromatic amines is 1. The largest absolute Gasteiger partial charge is 0.478 e. The summed E-state index contributed by atoms with van der Waals surface area (Å²) >= 11 is 0. The minimum Gasteiger partial charge on any atom is -0.478 e. The molecule has 2 N–H and O–H groups in total. The van der Waals surface area contributed by atoms with E-state index in [1.165, 1.54) is 6.20 Å². The number of para-hydroxylation sites is 1. The Morgan fingerprint density at radius 1 is 1.29 bits per heavy atom. The molecule has 106 valence electrons. The van der Waals surface area contributed by atoms with E-state index in [4.69, 9.17) is 4.74 Å². The number of pyridine rings is 1. The number of nitrogens with one attached hydrogen (secondary N) is 1. The zero-order valence-electron chi connectivity index (χ0n) is 11.2. The molecule has 3 rings (SSSR count). The molecule has 2 aromatic heterocycles. The Labute approximate surface area is 119 Å². The first-order valence-corrected chi connectivity index (χ1v) is 6.43.